The van der Waals surface area contributed by atoms with Crippen molar-refractivity contribution < 1.29 is 4.79 Å². The largest absolute Gasteiger partial charge is 0.384 e. The van der Waals surface area contributed by atoms with Crippen LogP contribution in [0.4, 0.5) is 11.5 Å². The van der Waals surface area contributed by atoms with Crippen LogP contribution in [0.25, 0.3) is 0 Å². The molecule has 0 aliphatic rings. The fraction of sp³-hybridized carbons (Fsp3) is 0.389. The van der Waals surface area contributed by atoms with Gasteiger partial charge in [0.15, 0.2) is 5.78 Å². The van der Waals surface area contributed by atoms with Crippen molar-refractivity contribution in [2.24, 2.45) is 13.0 Å². The van der Waals surface area contributed by atoms with Crippen LogP contribution in [-0.2, 0) is 13.6 Å². The maximum Gasteiger partial charge on any atom is 0.332 e. The molecule has 0 amide bonds. The van der Waals surface area contributed by atoms with Crippen LogP contribution < -0.4 is 22.3 Å². The van der Waals surface area contributed by atoms with E-state index in [1.54, 1.807) is 12.1 Å². The van der Waals surface area contributed by atoms with Gasteiger partial charge in [-0.05, 0) is 30.5 Å². The molecule has 140 valence electrons. The fourth-order valence-corrected chi connectivity index (χ4v) is 2.81. The maximum atomic E-state index is 12.7. The molecule has 8 heteroatoms. The Morgan fingerprint density at radius 3 is 2.58 bits per heavy atom. The molecule has 0 aliphatic carbocycles. The molecular formula is C18H23ClN4O3. The molecule has 26 heavy (non-hydrogen) atoms. The van der Waals surface area contributed by atoms with Crippen molar-refractivity contribution in [2.75, 3.05) is 17.6 Å². The minimum Gasteiger partial charge on any atom is -0.384 e. The Labute approximate surface area is 156 Å². The van der Waals surface area contributed by atoms with E-state index < -0.39 is 17.0 Å². The minimum atomic E-state index is -0.692. The molecule has 0 aliphatic heterocycles. The molecule has 1 aromatic carbocycles. The molecule has 2 aromatic rings. The number of halogens is 1. The summed E-state index contributed by atoms with van der Waals surface area (Å²) < 4.78 is 2.18. The molecule has 2 rings (SSSR count). The highest BCUT2D eigenvalue weighted by molar-refractivity contribution is 6.30. The van der Waals surface area contributed by atoms with Gasteiger partial charge in [0.05, 0.1) is 6.54 Å². The van der Waals surface area contributed by atoms with E-state index in [1.807, 2.05) is 26.8 Å². The van der Waals surface area contributed by atoms with Gasteiger partial charge in [-0.2, -0.15) is 0 Å². The summed E-state index contributed by atoms with van der Waals surface area (Å²) >= 11 is 5.97. The van der Waals surface area contributed by atoms with Crippen LogP contribution in [0, 0.1) is 12.8 Å². The lowest BCUT2D eigenvalue weighted by molar-refractivity contribution is 0.100. The maximum absolute atomic E-state index is 12.7. The summed E-state index contributed by atoms with van der Waals surface area (Å²) in [5.74, 6) is -0.455. The van der Waals surface area contributed by atoms with Gasteiger partial charge in [-0.3, -0.25) is 18.7 Å². The summed E-state index contributed by atoms with van der Waals surface area (Å²) in [5, 5.41) is 3.51. The highest BCUT2D eigenvalue weighted by Gasteiger charge is 2.21. The molecule has 0 atom stereocenters. The third-order valence-electron chi connectivity index (χ3n) is 4.05. The number of nitrogen functional groups attached to an aromatic ring is 1. The number of aromatic nitrogens is 2. The Kier molecular flexibility index (Phi) is 5.92. The van der Waals surface area contributed by atoms with Gasteiger partial charge in [-0.1, -0.05) is 31.5 Å². The van der Waals surface area contributed by atoms with Crippen molar-refractivity contribution >= 4 is 28.9 Å². The summed E-state index contributed by atoms with van der Waals surface area (Å²) in [5.41, 5.74) is 6.20. The zero-order chi connectivity index (χ0) is 19.6. The number of nitrogens with zero attached hydrogens (tertiary/aromatic N) is 2. The predicted octanol–water partition coefficient (Wildman–Crippen LogP) is 2.04. The molecular weight excluding hydrogens is 356 g/mol. The average Bonchev–Trinajstić information content (AvgIpc) is 2.57. The summed E-state index contributed by atoms with van der Waals surface area (Å²) in [4.78, 5) is 37.4. The predicted molar refractivity (Wildman–Crippen MR) is 104 cm³/mol. The zero-order valence-electron chi connectivity index (χ0n) is 15.3. The summed E-state index contributed by atoms with van der Waals surface area (Å²) in [6.07, 6.45) is 0. The fourth-order valence-electron chi connectivity index (χ4n) is 2.64. The van der Waals surface area contributed by atoms with Gasteiger partial charge in [-0.15, -0.1) is 0 Å². The standard InChI is InChI=1S/C18H23ClN4O3/c1-10(2)9-23-16(20)15(17(25)22(4)18(23)26)14(24)8-21-13-7-12(19)6-5-11(13)3/h5-7,10,21H,8-9,20H2,1-4H3. The SMILES string of the molecule is Cc1ccc(Cl)cc1NCC(=O)c1c(N)n(CC(C)C)c(=O)n(C)c1=O. The lowest BCUT2D eigenvalue weighted by Gasteiger charge is -2.16. The van der Waals surface area contributed by atoms with Gasteiger partial charge in [0.25, 0.3) is 5.56 Å². The molecule has 0 fully saturated rings. The van der Waals surface area contributed by atoms with Crippen LogP contribution >= 0.6 is 11.6 Å². The first kappa shape index (κ1) is 19.8. The molecule has 0 saturated carbocycles. The average molecular weight is 379 g/mol. The Morgan fingerprint density at radius 1 is 1.31 bits per heavy atom. The Hall–Kier alpha value is -2.54. The second-order valence-electron chi connectivity index (χ2n) is 6.65. The van der Waals surface area contributed by atoms with Gasteiger partial charge >= 0.3 is 5.69 Å². The highest BCUT2D eigenvalue weighted by Crippen LogP contribution is 2.20. The summed E-state index contributed by atoms with van der Waals surface area (Å²) in [6, 6.07) is 5.27. The van der Waals surface area contributed by atoms with E-state index in [2.05, 4.69) is 5.32 Å². The second-order valence-corrected chi connectivity index (χ2v) is 7.08. The summed E-state index contributed by atoms with van der Waals surface area (Å²) in [6.45, 7) is 5.89. The first-order valence-electron chi connectivity index (χ1n) is 8.26. The van der Waals surface area contributed by atoms with Crippen LogP contribution in [-0.4, -0.2) is 21.5 Å². The van der Waals surface area contributed by atoms with Crippen molar-refractivity contribution in [3.8, 4) is 0 Å². The van der Waals surface area contributed by atoms with Crippen molar-refractivity contribution in [3.05, 3.63) is 55.2 Å². The normalized spacial score (nSPS) is 11.0. The number of ketones is 1. The number of benzene rings is 1. The molecule has 1 heterocycles. The van der Waals surface area contributed by atoms with Crippen molar-refractivity contribution in [1.82, 2.24) is 9.13 Å². The van der Waals surface area contributed by atoms with Gasteiger partial charge in [0.2, 0.25) is 0 Å². The molecule has 3 N–H and O–H groups in total. The number of rotatable bonds is 6. The van der Waals surface area contributed by atoms with E-state index in [9.17, 15) is 14.4 Å². The van der Waals surface area contributed by atoms with E-state index in [1.165, 1.54) is 11.6 Å². The first-order chi connectivity index (χ1) is 12.1. The number of Topliss-reactive ketones (excluding diaryl/α,β-unsaturated/α-hetero) is 1. The van der Waals surface area contributed by atoms with Crippen LogP contribution in [0.15, 0.2) is 27.8 Å². The highest BCUT2D eigenvalue weighted by atomic mass is 35.5. The third kappa shape index (κ3) is 3.99. The van der Waals surface area contributed by atoms with Crippen LogP contribution in [0.3, 0.4) is 0 Å². The number of carbonyl (C=O) groups is 1. The number of hydrogen-bond donors (Lipinski definition) is 2. The Balaban J connectivity index is 2.39. The quantitative estimate of drug-likeness (QED) is 0.749. The van der Waals surface area contributed by atoms with Crippen molar-refractivity contribution in [1.29, 1.82) is 0 Å². The Bertz CT molecular complexity index is 960. The summed E-state index contributed by atoms with van der Waals surface area (Å²) in [7, 11) is 1.34. The van der Waals surface area contributed by atoms with Crippen molar-refractivity contribution in [3.63, 3.8) is 0 Å². The van der Waals surface area contributed by atoms with Crippen molar-refractivity contribution in [2.45, 2.75) is 27.3 Å². The second kappa shape index (κ2) is 7.78. The zero-order valence-corrected chi connectivity index (χ0v) is 16.1. The minimum absolute atomic E-state index is 0.0959. The van der Waals surface area contributed by atoms with E-state index >= 15 is 0 Å². The molecule has 0 spiro atoms. The van der Waals surface area contributed by atoms with Crippen LogP contribution in [0.2, 0.25) is 5.02 Å². The number of nitrogens with one attached hydrogen (secondary N) is 1. The van der Waals surface area contributed by atoms with Gasteiger partial charge in [0.1, 0.15) is 11.4 Å². The number of nitrogens with two attached hydrogens (primary N) is 1. The molecule has 7 nitrogen and oxygen atoms in total. The van der Waals surface area contributed by atoms with Crippen LogP contribution in [0.1, 0.15) is 29.8 Å². The number of hydrogen-bond acceptors (Lipinski definition) is 5. The van der Waals surface area contributed by atoms with Gasteiger partial charge in [-0.25, -0.2) is 4.79 Å². The monoisotopic (exact) mass is 378 g/mol. The number of aryl methyl sites for hydroxylation is 1. The lowest BCUT2D eigenvalue weighted by Crippen LogP contribution is -2.43. The van der Waals surface area contributed by atoms with E-state index in [-0.39, 0.29) is 23.8 Å². The number of carbonyl (C=O) groups excluding carboxylic acids is 1. The van der Waals surface area contributed by atoms with E-state index in [0.29, 0.717) is 17.3 Å². The Morgan fingerprint density at radius 2 is 1.96 bits per heavy atom. The topological polar surface area (TPSA) is 99.1 Å². The number of anilines is 2. The third-order valence-corrected chi connectivity index (χ3v) is 4.28. The first-order valence-corrected chi connectivity index (χ1v) is 8.63. The molecule has 0 bridgehead atoms. The molecule has 0 saturated heterocycles. The van der Waals surface area contributed by atoms with Gasteiger partial charge < -0.3 is 11.1 Å². The van der Waals surface area contributed by atoms with Gasteiger partial charge in [0, 0.05) is 24.3 Å². The van der Waals surface area contributed by atoms with E-state index in [0.717, 1.165) is 10.1 Å². The molecule has 0 radical (unpaired) electrons. The smallest absolute Gasteiger partial charge is 0.332 e. The van der Waals surface area contributed by atoms with Crippen LogP contribution in [0.5, 0.6) is 0 Å². The van der Waals surface area contributed by atoms with E-state index in [4.69, 9.17) is 17.3 Å². The molecule has 0 unspecified atom stereocenters. The molecule has 1 aromatic heterocycles. The lowest BCUT2D eigenvalue weighted by atomic mass is 10.1.